The smallest absolute Gasteiger partial charge is 0.226 e. The van der Waals surface area contributed by atoms with Crippen LogP contribution in [0.1, 0.15) is 25.3 Å². The first-order valence-corrected chi connectivity index (χ1v) is 5.63. The van der Waals surface area contributed by atoms with E-state index >= 15 is 0 Å². The van der Waals surface area contributed by atoms with Crippen molar-refractivity contribution in [2.75, 3.05) is 12.8 Å². The number of anilines is 1. The Kier molecular flexibility index (Phi) is 3.23. The number of ether oxygens (including phenoxy) is 1. The van der Waals surface area contributed by atoms with E-state index in [0.29, 0.717) is 11.6 Å². The van der Waals surface area contributed by atoms with Gasteiger partial charge in [-0.15, -0.1) is 0 Å². The molecule has 0 saturated carbocycles. The van der Waals surface area contributed by atoms with E-state index in [2.05, 4.69) is 5.16 Å². The van der Waals surface area contributed by atoms with Crippen molar-refractivity contribution in [3.05, 3.63) is 29.6 Å². The van der Waals surface area contributed by atoms with Crippen LogP contribution < -0.4 is 10.5 Å². The van der Waals surface area contributed by atoms with Crippen LogP contribution in [0.15, 0.2) is 22.7 Å². The molecule has 1 heterocycles. The maximum absolute atomic E-state index is 13.4. The fourth-order valence-electron chi connectivity index (χ4n) is 1.88. The highest BCUT2D eigenvalue weighted by atomic mass is 19.1. The van der Waals surface area contributed by atoms with Crippen molar-refractivity contribution in [3.8, 4) is 17.0 Å². The Balaban J connectivity index is 2.55. The lowest BCUT2D eigenvalue weighted by molar-refractivity contribution is 0.386. The zero-order chi connectivity index (χ0) is 13.3. The lowest BCUT2D eigenvalue weighted by atomic mass is 9.98. The number of rotatable bonds is 3. The van der Waals surface area contributed by atoms with Crippen molar-refractivity contribution in [1.82, 2.24) is 5.16 Å². The molecule has 0 atom stereocenters. The second-order valence-corrected chi connectivity index (χ2v) is 4.31. The fraction of sp³-hybridized carbons (Fsp3) is 0.308. The molecule has 0 aliphatic heterocycles. The average Bonchev–Trinajstić information content (AvgIpc) is 2.72. The molecule has 2 aromatic rings. The molecule has 0 aliphatic carbocycles. The molecule has 96 valence electrons. The summed E-state index contributed by atoms with van der Waals surface area (Å²) >= 11 is 0. The highest BCUT2D eigenvalue weighted by Gasteiger charge is 2.19. The lowest BCUT2D eigenvalue weighted by Crippen LogP contribution is -1.95. The Morgan fingerprint density at radius 1 is 1.39 bits per heavy atom. The largest absolute Gasteiger partial charge is 0.494 e. The van der Waals surface area contributed by atoms with E-state index in [1.807, 2.05) is 13.8 Å². The normalized spacial score (nSPS) is 10.9. The van der Waals surface area contributed by atoms with Crippen molar-refractivity contribution in [3.63, 3.8) is 0 Å². The van der Waals surface area contributed by atoms with Crippen LogP contribution in [0, 0.1) is 5.82 Å². The van der Waals surface area contributed by atoms with Crippen molar-refractivity contribution in [2.24, 2.45) is 0 Å². The summed E-state index contributed by atoms with van der Waals surface area (Å²) in [7, 11) is 1.42. The van der Waals surface area contributed by atoms with E-state index in [9.17, 15) is 4.39 Å². The SMILES string of the molecule is COc1cc(-c2noc(N)c2C(C)C)ccc1F. The summed E-state index contributed by atoms with van der Waals surface area (Å²) in [4.78, 5) is 0. The third-order valence-corrected chi connectivity index (χ3v) is 2.76. The summed E-state index contributed by atoms with van der Waals surface area (Å²) in [6, 6.07) is 4.54. The highest BCUT2D eigenvalue weighted by Crippen LogP contribution is 2.34. The Morgan fingerprint density at radius 3 is 2.72 bits per heavy atom. The van der Waals surface area contributed by atoms with Crippen molar-refractivity contribution in [1.29, 1.82) is 0 Å². The van der Waals surface area contributed by atoms with Gasteiger partial charge in [0.05, 0.1) is 7.11 Å². The number of nitrogen functional groups attached to an aromatic ring is 1. The minimum atomic E-state index is -0.413. The topological polar surface area (TPSA) is 61.3 Å². The van der Waals surface area contributed by atoms with Gasteiger partial charge < -0.3 is 15.0 Å². The first kappa shape index (κ1) is 12.4. The van der Waals surface area contributed by atoms with E-state index in [1.54, 1.807) is 12.1 Å². The van der Waals surface area contributed by atoms with Gasteiger partial charge >= 0.3 is 0 Å². The number of halogens is 1. The first-order valence-electron chi connectivity index (χ1n) is 5.63. The maximum atomic E-state index is 13.4. The molecule has 0 radical (unpaired) electrons. The molecule has 0 bridgehead atoms. The summed E-state index contributed by atoms with van der Waals surface area (Å²) < 4.78 is 23.3. The van der Waals surface area contributed by atoms with Crippen LogP contribution in [0.5, 0.6) is 5.75 Å². The summed E-state index contributed by atoms with van der Waals surface area (Å²) in [5, 5.41) is 3.93. The quantitative estimate of drug-likeness (QED) is 0.908. The Hall–Kier alpha value is -2.04. The van der Waals surface area contributed by atoms with E-state index in [0.717, 1.165) is 11.1 Å². The molecule has 4 nitrogen and oxygen atoms in total. The molecule has 0 saturated heterocycles. The van der Waals surface area contributed by atoms with Crippen molar-refractivity contribution >= 4 is 5.88 Å². The number of hydrogen-bond acceptors (Lipinski definition) is 4. The minimum Gasteiger partial charge on any atom is -0.494 e. The van der Waals surface area contributed by atoms with Gasteiger partial charge in [0.1, 0.15) is 5.69 Å². The summed E-state index contributed by atoms with van der Waals surface area (Å²) in [5.41, 5.74) is 7.91. The van der Waals surface area contributed by atoms with Crippen LogP contribution in [0.2, 0.25) is 0 Å². The molecule has 2 rings (SSSR count). The zero-order valence-electron chi connectivity index (χ0n) is 10.5. The molecule has 18 heavy (non-hydrogen) atoms. The standard InChI is InChI=1S/C13H15FN2O2/c1-7(2)11-12(16-18-13(11)15)8-4-5-9(14)10(6-8)17-3/h4-7H,15H2,1-3H3. The maximum Gasteiger partial charge on any atom is 0.226 e. The van der Waals surface area contributed by atoms with Gasteiger partial charge in [0.25, 0.3) is 0 Å². The molecule has 0 fully saturated rings. The van der Waals surface area contributed by atoms with Gasteiger partial charge in [0, 0.05) is 11.1 Å². The van der Waals surface area contributed by atoms with Crippen LogP contribution in [-0.2, 0) is 0 Å². The number of methoxy groups -OCH3 is 1. The second-order valence-electron chi connectivity index (χ2n) is 4.31. The Morgan fingerprint density at radius 2 is 2.11 bits per heavy atom. The van der Waals surface area contributed by atoms with Gasteiger partial charge in [-0.05, 0) is 24.1 Å². The van der Waals surface area contributed by atoms with Crippen LogP contribution in [0.25, 0.3) is 11.3 Å². The molecular formula is C13H15FN2O2. The Labute approximate surface area is 105 Å². The minimum absolute atomic E-state index is 0.169. The molecule has 1 aromatic carbocycles. The van der Waals surface area contributed by atoms with Gasteiger partial charge in [-0.2, -0.15) is 0 Å². The Bertz CT molecular complexity index is 564. The summed E-state index contributed by atoms with van der Waals surface area (Å²) in [6.07, 6.45) is 0. The monoisotopic (exact) mass is 250 g/mol. The van der Waals surface area contributed by atoms with Gasteiger partial charge in [0.2, 0.25) is 5.88 Å². The third-order valence-electron chi connectivity index (χ3n) is 2.76. The van der Waals surface area contributed by atoms with Gasteiger partial charge in [-0.1, -0.05) is 19.0 Å². The van der Waals surface area contributed by atoms with Crippen molar-refractivity contribution < 1.29 is 13.7 Å². The van der Waals surface area contributed by atoms with Gasteiger partial charge in [-0.3, -0.25) is 0 Å². The number of nitrogens with zero attached hydrogens (tertiary/aromatic N) is 1. The lowest BCUT2D eigenvalue weighted by Gasteiger charge is -2.07. The van der Waals surface area contributed by atoms with Crippen LogP contribution in [0.4, 0.5) is 10.3 Å². The predicted molar refractivity (Wildman–Crippen MR) is 67.0 cm³/mol. The molecule has 0 unspecified atom stereocenters. The molecule has 5 heteroatoms. The molecule has 2 N–H and O–H groups in total. The molecule has 0 spiro atoms. The average molecular weight is 250 g/mol. The van der Waals surface area contributed by atoms with E-state index in [4.69, 9.17) is 15.0 Å². The molecule has 0 amide bonds. The van der Waals surface area contributed by atoms with E-state index < -0.39 is 5.82 Å². The predicted octanol–water partition coefficient (Wildman–Crippen LogP) is 3.19. The number of hydrogen-bond donors (Lipinski definition) is 1. The first-order chi connectivity index (χ1) is 8.54. The second kappa shape index (κ2) is 4.68. The van der Waals surface area contributed by atoms with Crippen molar-refractivity contribution in [2.45, 2.75) is 19.8 Å². The molecule has 0 aliphatic rings. The summed E-state index contributed by atoms with van der Waals surface area (Å²) in [5.74, 6) is 0.221. The number of benzene rings is 1. The molecular weight excluding hydrogens is 235 g/mol. The van der Waals surface area contributed by atoms with Gasteiger partial charge in [-0.25, -0.2) is 4.39 Å². The highest BCUT2D eigenvalue weighted by molar-refractivity contribution is 5.69. The van der Waals surface area contributed by atoms with Gasteiger partial charge in [0.15, 0.2) is 11.6 Å². The van der Waals surface area contributed by atoms with E-state index in [-0.39, 0.29) is 11.7 Å². The van der Waals surface area contributed by atoms with Crippen LogP contribution >= 0.6 is 0 Å². The fourth-order valence-corrected chi connectivity index (χ4v) is 1.88. The van der Waals surface area contributed by atoms with Crippen LogP contribution in [-0.4, -0.2) is 12.3 Å². The zero-order valence-corrected chi connectivity index (χ0v) is 10.5. The third kappa shape index (κ3) is 2.03. The molecule has 1 aromatic heterocycles. The summed E-state index contributed by atoms with van der Waals surface area (Å²) in [6.45, 7) is 3.99. The number of nitrogens with two attached hydrogens (primary N) is 1. The van der Waals surface area contributed by atoms with Crippen LogP contribution in [0.3, 0.4) is 0 Å². The number of aromatic nitrogens is 1. The van der Waals surface area contributed by atoms with E-state index in [1.165, 1.54) is 13.2 Å².